The minimum Gasteiger partial charge on any atom is -0.366 e. The molecule has 4 nitrogen and oxygen atoms in total. The SMILES string of the molecule is C=CC(N)=O.C=CCN(C)C(C)=O. The molecule has 13 heavy (non-hydrogen) atoms. The maximum Gasteiger partial charge on any atom is 0.240 e. The number of amides is 2. The summed E-state index contributed by atoms with van der Waals surface area (Å²) in [5, 5.41) is 0. The molecule has 0 spiro atoms. The summed E-state index contributed by atoms with van der Waals surface area (Å²) in [5.41, 5.74) is 4.53. The lowest BCUT2D eigenvalue weighted by Crippen LogP contribution is -2.23. The van der Waals surface area contributed by atoms with Gasteiger partial charge in [0, 0.05) is 20.5 Å². The van der Waals surface area contributed by atoms with E-state index in [-0.39, 0.29) is 5.91 Å². The van der Waals surface area contributed by atoms with Crippen molar-refractivity contribution in [2.24, 2.45) is 5.73 Å². The van der Waals surface area contributed by atoms with Crippen LogP contribution in [-0.2, 0) is 9.59 Å². The highest BCUT2D eigenvalue weighted by Crippen LogP contribution is 1.80. The molecule has 0 aromatic rings. The van der Waals surface area contributed by atoms with E-state index in [9.17, 15) is 9.59 Å². The lowest BCUT2D eigenvalue weighted by molar-refractivity contribution is -0.127. The number of nitrogens with zero attached hydrogens (tertiary/aromatic N) is 1. The fourth-order valence-corrected chi connectivity index (χ4v) is 0.322. The van der Waals surface area contributed by atoms with E-state index < -0.39 is 5.91 Å². The second-order valence-electron chi connectivity index (χ2n) is 2.29. The summed E-state index contributed by atoms with van der Waals surface area (Å²) in [6, 6.07) is 0. The van der Waals surface area contributed by atoms with Crippen molar-refractivity contribution in [3.8, 4) is 0 Å². The first-order valence-electron chi connectivity index (χ1n) is 3.70. The normalized spacial score (nSPS) is 7.54. The first kappa shape index (κ1) is 14.0. The predicted molar refractivity (Wildman–Crippen MR) is 52.9 cm³/mol. The average Bonchev–Trinajstić information content (AvgIpc) is 2.06. The summed E-state index contributed by atoms with van der Waals surface area (Å²) in [6.45, 7) is 8.74. The van der Waals surface area contributed by atoms with Gasteiger partial charge in [-0.05, 0) is 6.08 Å². The largest absolute Gasteiger partial charge is 0.366 e. The van der Waals surface area contributed by atoms with E-state index in [1.165, 1.54) is 6.92 Å². The molecule has 0 aromatic carbocycles. The third-order valence-corrected chi connectivity index (χ3v) is 1.14. The Kier molecular flexibility index (Phi) is 9.15. The molecule has 0 rings (SSSR count). The molecule has 2 N–H and O–H groups in total. The molecule has 4 heteroatoms. The second kappa shape index (κ2) is 8.52. The van der Waals surface area contributed by atoms with Crippen LogP contribution in [0.15, 0.2) is 25.3 Å². The highest BCUT2D eigenvalue weighted by Gasteiger charge is 1.95. The van der Waals surface area contributed by atoms with Gasteiger partial charge in [0.05, 0.1) is 0 Å². The van der Waals surface area contributed by atoms with Crippen molar-refractivity contribution in [2.45, 2.75) is 6.92 Å². The number of carbonyl (C=O) groups is 2. The van der Waals surface area contributed by atoms with Gasteiger partial charge in [-0.1, -0.05) is 12.7 Å². The molecule has 0 bridgehead atoms. The Morgan fingerprint density at radius 2 is 1.85 bits per heavy atom. The number of nitrogens with two attached hydrogens (primary N) is 1. The number of likely N-dealkylation sites (N-methyl/N-ethyl adjacent to an activating group) is 1. The number of hydrogen-bond acceptors (Lipinski definition) is 2. The van der Waals surface area contributed by atoms with Crippen molar-refractivity contribution < 1.29 is 9.59 Å². The fraction of sp³-hybridized carbons (Fsp3) is 0.333. The summed E-state index contributed by atoms with van der Waals surface area (Å²) in [7, 11) is 1.74. The molecule has 2 amide bonds. The smallest absolute Gasteiger partial charge is 0.240 e. The number of carbonyl (C=O) groups excluding carboxylic acids is 2. The van der Waals surface area contributed by atoms with Gasteiger partial charge in [-0.25, -0.2) is 0 Å². The lowest BCUT2D eigenvalue weighted by atomic mass is 10.5. The molecular formula is C9H16N2O2. The zero-order chi connectivity index (χ0) is 10.9. The van der Waals surface area contributed by atoms with Crippen LogP contribution >= 0.6 is 0 Å². The number of rotatable bonds is 3. The van der Waals surface area contributed by atoms with Gasteiger partial charge >= 0.3 is 0 Å². The van der Waals surface area contributed by atoms with Crippen LogP contribution in [0.2, 0.25) is 0 Å². The predicted octanol–water partition coefficient (Wildman–Crippen LogP) is 0.308. The van der Waals surface area contributed by atoms with Crippen LogP contribution in [0.1, 0.15) is 6.92 Å². The summed E-state index contributed by atoms with van der Waals surface area (Å²) in [4.78, 5) is 21.5. The molecule has 0 aliphatic rings. The van der Waals surface area contributed by atoms with Gasteiger partial charge in [-0.3, -0.25) is 9.59 Å². The Hall–Kier alpha value is -1.58. The van der Waals surface area contributed by atoms with Gasteiger partial charge in [-0.15, -0.1) is 6.58 Å². The molecule has 74 valence electrons. The minimum atomic E-state index is -0.481. The molecule has 0 saturated carbocycles. The standard InChI is InChI=1S/C6H11NO.C3H5NO/c1-4-5-7(3)6(2)8;1-2-3(4)5/h4H,1,5H2,2-3H3;2H,1H2,(H2,4,5). The molecule has 0 unspecified atom stereocenters. The highest BCUT2D eigenvalue weighted by atomic mass is 16.2. The van der Waals surface area contributed by atoms with Crippen molar-refractivity contribution >= 4 is 11.8 Å². The van der Waals surface area contributed by atoms with E-state index in [0.717, 1.165) is 6.08 Å². The van der Waals surface area contributed by atoms with Gasteiger partial charge in [0.25, 0.3) is 0 Å². The Labute approximate surface area is 78.7 Å². The average molecular weight is 184 g/mol. The Morgan fingerprint density at radius 3 is 1.92 bits per heavy atom. The zero-order valence-electron chi connectivity index (χ0n) is 8.12. The summed E-state index contributed by atoms with van der Waals surface area (Å²) in [5.74, 6) is -0.407. The topological polar surface area (TPSA) is 63.4 Å². The zero-order valence-corrected chi connectivity index (χ0v) is 8.12. The summed E-state index contributed by atoms with van der Waals surface area (Å²) >= 11 is 0. The number of hydrogen-bond donors (Lipinski definition) is 1. The van der Waals surface area contributed by atoms with E-state index in [4.69, 9.17) is 0 Å². The van der Waals surface area contributed by atoms with Crippen LogP contribution in [-0.4, -0.2) is 30.3 Å². The Balaban J connectivity index is 0. The fourth-order valence-electron chi connectivity index (χ4n) is 0.322. The van der Waals surface area contributed by atoms with Crippen molar-refractivity contribution in [3.63, 3.8) is 0 Å². The van der Waals surface area contributed by atoms with E-state index in [1.54, 1.807) is 18.0 Å². The van der Waals surface area contributed by atoms with Crippen molar-refractivity contribution in [1.29, 1.82) is 0 Å². The van der Waals surface area contributed by atoms with Crippen LogP contribution < -0.4 is 5.73 Å². The Morgan fingerprint density at radius 1 is 1.46 bits per heavy atom. The minimum absolute atomic E-state index is 0.0740. The van der Waals surface area contributed by atoms with Crippen LogP contribution in [0.25, 0.3) is 0 Å². The lowest BCUT2D eigenvalue weighted by Gasteiger charge is -2.09. The molecule has 0 aliphatic carbocycles. The molecule has 0 aromatic heterocycles. The van der Waals surface area contributed by atoms with Gasteiger partial charge in [-0.2, -0.15) is 0 Å². The Bertz CT molecular complexity index is 200. The van der Waals surface area contributed by atoms with Crippen molar-refractivity contribution in [3.05, 3.63) is 25.3 Å². The van der Waals surface area contributed by atoms with Crippen LogP contribution in [0.5, 0.6) is 0 Å². The quantitative estimate of drug-likeness (QED) is 0.506. The van der Waals surface area contributed by atoms with Gasteiger partial charge in [0.2, 0.25) is 11.8 Å². The summed E-state index contributed by atoms with van der Waals surface area (Å²) in [6.07, 6.45) is 2.75. The van der Waals surface area contributed by atoms with Crippen LogP contribution in [0.3, 0.4) is 0 Å². The van der Waals surface area contributed by atoms with Gasteiger partial charge in [0.15, 0.2) is 0 Å². The molecule has 0 saturated heterocycles. The third-order valence-electron chi connectivity index (χ3n) is 1.14. The van der Waals surface area contributed by atoms with Gasteiger partial charge < -0.3 is 10.6 Å². The maximum atomic E-state index is 10.4. The van der Waals surface area contributed by atoms with E-state index in [1.807, 2.05) is 0 Å². The van der Waals surface area contributed by atoms with Crippen LogP contribution in [0, 0.1) is 0 Å². The molecule has 0 aliphatic heterocycles. The van der Waals surface area contributed by atoms with Gasteiger partial charge in [0.1, 0.15) is 0 Å². The van der Waals surface area contributed by atoms with Crippen molar-refractivity contribution in [1.82, 2.24) is 4.90 Å². The molecule has 0 fully saturated rings. The third kappa shape index (κ3) is 13.4. The highest BCUT2D eigenvalue weighted by molar-refractivity contribution is 5.84. The number of primary amides is 1. The second-order valence-corrected chi connectivity index (χ2v) is 2.29. The first-order valence-corrected chi connectivity index (χ1v) is 3.70. The maximum absolute atomic E-state index is 10.4. The first-order chi connectivity index (χ1) is 5.95. The molecular weight excluding hydrogens is 168 g/mol. The van der Waals surface area contributed by atoms with E-state index in [2.05, 4.69) is 18.9 Å². The molecule has 0 atom stereocenters. The molecule has 0 heterocycles. The molecule has 0 radical (unpaired) electrons. The van der Waals surface area contributed by atoms with Crippen molar-refractivity contribution in [2.75, 3.05) is 13.6 Å². The van der Waals surface area contributed by atoms with E-state index in [0.29, 0.717) is 6.54 Å². The van der Waals surface area contributed by atoms with Crippen LogP contribution in [0.4, 0.5) is 0 Å². The summed E-state index contributed by atoms with van der Waals surface area (Å²) < 4.78 is 0. The van der Waals surface area contributed by atoms with E-state index >= 15 is 0 Å². The monoisotopic (exact) mass is 184 g/mol.